The molecule has 0 saturated carbocycles. The highest BCUT2D eigenvalue weighted by atomic mass is 127. The van der Waals surface area contributed by atoms with E-state index in [1.807, 2.05) is 7.05 Å². The molecule has 1 fully saturated rings. The highest BCUT2D eigenvalue weighted by molar-refractivity contribution is 14.0. The largest absolute Gasteiger partial charge is 0.469 e. The second-order valence-corrected chi connectivity index (χ2v) is 6.99. The van der Waals surface area contributed by atoms with Crippen LogP contribution in [-0.4, -0.2) is 63.8 Å². The van der Waals surface area contributed by atoms with Gasteiger partial charge in [0.1, 0.15) is 0 Å². The highest BCUT2D eigenvalue weighted by Gasteiger charge is 2.26. The molecule has 0 spiro atoms. The molecule has 0 atom stereocenters. The fourth-order valence-corrected chi connectivity index (χ4v) is 3.29. The number of halogens is 1. The molecule has 7 heteroatoms. The number of hydrogen-bond donors (Lipinski definition) is 1. The van der Waals surface area contributed by atoms with Gasteiger partial charge in [-0.3, -0.25) is 9.79 Å². The van der Waals surface area contributed by atoms with Gasteiger partial charge in [-0.25, -0.2) is 0 Å². The fourth-order valence-electron chi connectivity index (χ4n) is 3.29. The number of methoxy groups -OCH3 is 1. The maximum atomic E-state index is 11.6. The van der Waals surface area contributed by atoms with E-state index in [1.54, 1.807) is 0 Å². The molecule has 0 aromatic rings. The number of carbonyl (C=O) groups excluding carboxylic acids is 1. The van der Waals surface area contributed by atoms with Crippen LogP contribution in [-0.2, 0) is 14.3 Å². The van der Waals surface area contributed by atoms with Crippen LogP contribution in [0.2, 0.25) is 0 Å². The lowest BCUT2D eigenvalue weighted by atomic mass is 9.97. The second-order valence-electron chi connectivity index (χ2n) is 6.99. The molecule has 1 saturated heterocycles. The number of guanidine groups is 1. The first kappa shape index (κ1) is 26.4. The molecule has 0 radical (unpaired) electrons. The van der Waals surface area contributed by atoms with Crippen molar-refractivity contribution < 1.29 is 14.3 Å². The Balaban J connectivity index is 0.00000676. The average molecular weight is 497 g/mol. The fraction of sp³-hybridized carbons (Fsp3) is 0.900. The van der Waals surface area contributed by atoms with Crippen molar-refractivity contribution in [2.75, 3.05) is 47.0 Å². The Labute approximate surface area is 182 Å². The van der Waals surface area contributed by atoms with Crippen LogP contribution < -0.4 is 5.32 Å². The molecular weight excluding hydrogens is 457 g/mol. The van der Waals surface area contributed by atoms with Crippen molar-refractivity contribution in [3.8, 4) is 0 Å². The van der Waals surface area contributed by atoms with Crippen molar-refractivity contribution in [2.24, 2.45) is 10.9 Å². The van der Waals surface area contributed by atoms with Gasteiger partial charge < -0.3 is 19.7 Å². The Morgan fingerprint density at radius 3 is 2.33 bits per heavy atom. The summed E-state index contributed by atoms with van der Waals surface area (Å²) in [6, 6.07) is 0. The van der Waals surface area contributed by atoms with Crippen molar-refractivity contribution in [3.05, 3.63) is 0 Å². The molecule has 0 amide bonds. The summed E-state index contributed by atoms with van der Waals surface area (Å²) >= 11 is 0. The molecule has 1 N–H and O–H groups in total. The van der Waals surface area contributed by atoms with Crippen LogP contribution in [0.4, 0.5) is 0 Å². The van der Waals surface area contributed by atoms with Gasteiger partial charge in [-0.15, -0.1) is 24.0 Å². The Morgan fingerprint density at radius 2 is 1.70 bits per heavy atom. The number of ether oxygens (including phenoxy) is 2. The Bertz CT molecular complexity index is 400. The molecule has 1 aliphatic rings. The summed E-state index contributed by atoms with van der Waals surface area (Å²) in [5.41, 5.74) is 0. The van der Waals surface area contributed by atoms with Gasteiger partial charge in [-0.05, 0) is 25.7 Å². The van der Waals surface area contributed by atoms with Gasteiger partial charge in [0.25, 0.3) is 0 Å². The SMILES string of the molecule is CCCCCCCCOCCCNC(=NC)N1CCC(C(=O)OC)CC1.I. The maximum Gasteiger partial charge on any atom is 0.308 e. The minimum absolute atomic E-state index is 0. The number of rotatable bonds is 12. The lowest BCUT2D eigenvalue weighted by molar-refractivity contribution is -0.146. The molecule has 0 unspecified atom stereocenters. The Hall–Kier alpha value is -0.570. The van der Waals surface area contributed by atoms with Gasteiger partial charge in [0.2, 0.25) is 0 Å². The van der Waals surface area contributed by atoms with Crippen molar-refractivity contribution in [1.82, 2.24) is 10.2 Å². The van der Waals surface area contributed by atoms with E-state index in [9.17, 15) is 4.79 Å². The monoisotopic (exact) mass is 497 g/mol. The average Bonchev–Trinajstić information content (AvgIpc) is 2.68. The summed E-state index contributed by atoms with van der Waals surface area (Å²) in [4.78, 5) is 18.2. The number of nitrogens with one attached hydrogen (secondary N) is 1. The normalized spacial score (nSPS) is 15.4. The first-order valence-corrected chi connectivity index (χ1v) is 10.3. The number of esters is 1. The summed E-state index contributed by atoms with van der Waals surface area (Å²) < 4.78 is 10.5. The van der Waals surface area contributed by atoms with Crippen LogP contribution in [0.25, 0.3) is 0 Å². The molecule has 0 bridgehead atoms. The molecule has 0 aromatic heterocycles. The lowest BCUT2D eigenvalue weighted by Crippen LogP contribution is -2.47. The number of piperidine rings is 1. The van der Waals surface area contributed by atoms with E-state index < -0.39 is 0 Å². The number of nitrogens with zero attached hydrogens (tertiary/aromatic N) is 2. The van der Waals surface area contributed by atoms with Crippen molar-refractivity contribution in [3.63, 3.8) is 0 Å². The third-order valence-corrected chi connectivity index (χ3v) is 4.93. The predicted octanol–water partition coefficient (Wildman–Crippen LogP) is 3.83. The summed E-state index contributed by atoms with van der Waals surface area (Å²) in [5.74, 6) is 0.865. The molecule has 1 rings (SSSR count). The molecule has 160 valence electrons. The molecule has 1 heterocycles. The predicted molar refractivity (Wildman–Crippen MR) is 122 cm³/mol. The third kappa shape index (κ3) is 11.8. The third-order valence-electron chi connectivity index (χ3n) is 4.93. The van der Waals surface area contributed by atoms with Crippen LogP contribution in [0.1, 0.15) is 64.7 Å². The smallest absolute Gasteiger partial charge is 0.308 e. The number of carbonyl (C=O) groups is 1. The van der Waals surface area contributed by atoms with Gasteiger partial charge in [0.05, 0.1) is 13.0 Å². The van der Waals surface area contributed by atoms with Gasteiger partial charge in [0, 0.05) is 39.9 Å². The van der Waals surface area contributed by atoms with E-state index in [0.717, 1.165) is 58.1 Å². The topological polar surface area (TPSA) is 63.2 Å². The van der Waals surface area contributed by atoms with Gasteiger partial charge >= 0.3 is 5.97 Å². The summed E-state index contributed by atoms with van der Waals surface area (Å²) in [7, 11) is 3.27. The minimum Gasteiger partial charge on any atom is -0.469 e. The van der Waals surface area contributed by atoms with Gasteiger partial charge in [0.15, 0.2) is 5.96 Å². The highest BCUT2D eigenvalue weighted by Crippen LogP contribution is 2.18. The van der Waals surface area contributed by atoms with Crippen molar-refractivity contribution in [2.45, 2.75) is 64.7 Å². The number of aliphatic imine (C=N–C) groups is 1. The summed E-state index contributed by atoms with van der Waals surface area (Å²) in [6.45, 7) is 6.46. The minimum atomic E-state index is -0.0879. The van der Waals surface area contributed by atoms with Gasteiger partial charge in [-0.2, -0.15) is 0 Å². The van der Waals surface area contributed by atoms with E-state index >= 15 is 0 Å². The zero-order valence-corrected chi connectivity index (χ0v) is 19.8. The second kappa shape index (κ2) is 17.5. The lowest BCUT2D eigenvalue weighted by Gasteiger charge is -2.33. The molecule has 0 aromatic carbocycles. The van der Waals surface area contributed by atoms with E-state index in [2.05, 4.69) is 22.1 Å². The first-order chi connectivity index (χ1) is 12.7. The standard InChI is InChI=1S/C20H39N3O3.HI/c1-4-5-6-7-8-9-16-26-17-10-13-22-20(21-2)23-14-11-18(12-15-23)19(24)25-3;/h18H,4-17H2,1-3H3,(H,21,22);1H. The Kier molecular flexibility index (Phi) is 17.2. The van der Waals surface area contributed by atoms with E-state index in [-0.39, 0.29) is 35.9 Å². The molecule has 0 aliphatic carbocycles. The number of hydrogen-bond acceptors (Lipinski definition) is 4. The summed E-state index contributed by atoms with van der Waals surface area (Å²) in [6.07, 6.45) is 10.4. The van der Waals surface area contributed by atoms with E-state index in [1.165, 1.54) is 45.6 Å². The quantitative estimate of drug-likeness (QED) is 0.146. The van der Waals surface area contributed by atoms with Crippen LogP contribution in [0.3, 0.4) is 0 Å². The maximum absolute atomic E-state index is 11.6. The van der Waals surface area contributed by atoms with Crippen LogP contribution in [0, 0.1) is 5.92 Å². The van der Waals surface area contributed by atoms with E-state index in [0.29, 0.717) is 0 Å². The van der Waals surface area contributed by atoms with Crippen LogP contribution in [0.5, 0.6) is 0 Å². The molecule has 27 heavy (non-hydrogen) atoms. The van der Waals surface area contributed by atoms with Gasteiger partial charge in [-0.1, -0.05) is 39.0 Å². The Morgan fingerprint density at radius 1 is 1.07 bits per heavy atom. The zero-order chi connectivity index (χ0) is 19.0. The van der Waals surface area contributed by atoms with Crippen LogP contribution in [0.15, 0.2) is 4.99 Å². The molecule has 6 nitrogen and oxygen atoms in total. The number of unbranched alkanes of at least 4 members (excludes halogenated alkanes) is 5. The van der Waals surface area contributed by atoms with Crippen molar-refractivity contribution >= 4 is 35.9 Å². The first-order valence-electron chi connectivity index (χ1n) is 10.3. The van der Waals surface area contributed by atoms with Crippen molar-refractivity contribution in [1.29, 1.82) is 0 Å². The molecular formula is C20H40IN3O3. The number of likely N-dealkylation sites (tertiary alicyclic amines) is 1. The van der Waals surface area contributed by atoms with E-state index in [4.69, 9.17) is 9.47 Å². The van der Waals surface area contributed by atoms with Crippen LogP contribution >= 0.6 is 24.0 Å². The molecule has 1 aliphatic heterocycles. The summed E-state index contributed by atoms with van der Waals surface area (Å²) in [5, 5.41) is 3.40. The zero-order valence-electron chi connectivity index (χ0n) is 17.5.